The molecule has 0 radical (unpaired) electrons. The van der Waals surface area contributed by atoms with E-state index < -0.39 is 0 Å². The van der Waals surface area contributed by atoms with Gasteiger partial charge in [-0.1, -0.05) is 19.1 Å². The number of benzene rings is 1. The van der Waals surface area contributed by atoms with Gasteiger partial charge in [-0.05, 0) is 43.5 Å². The first-order chi connectivity index (χ1) is 10.1. The number of nitrogens with two attached hydrogens (primary N) is 1. The van der Waals surface area contributed by atoms with Crippen molar-refractivity contribution < 1.29 is 4.79 Å². The Bertz CT molecular complexity index is 467. The summed E-state index contributed by atoms with van der Waals surface area (Å²) in [6, 6.07) is 8.20. The van der Waals surface area contributed by atoms with Crippen molar-refractivity contribution in [3.05, 3.63) is 29.8 Å². The second-order valence-corrected chi connectivity index (χ2v) is 5.92. The van der Waals surface area contributed by atoms with Gasteiger partial charge in [0.2, 0.25) is 5.91 Å². The van der Waals surface area contributed by atoms with Gasteiger partial charge in [-0.25, -0.2) is 0 Å². The number of likely N-dealkylation sites (tertiary alicyclic amines) is 1. The molecule has 1 aliphatic heterocycles. The Hall–Kier alpha value is -1.55. The number of hydrogen-bond donors (Lipinski definition) is 1. The average molecular weight is 289 g/mol. The standard InChI is InChI=1S/C17H27N3O/c1-3-20-11-9-16(10-12-20)19(2)17(21)8-7-14-5-4-6-15(18)13-14/h4-6,13,16H,3,7-12,18H2,1-2H3. The molecule has 0 unspecified atom stereocenters. The molecule has 1 aromatic carbocycles. The summed E-state index contributed by atoms with van der Waals surface area (Å²) < 4.78 is 0. The molecule has 0 aliphatic carbocycles. The Morgan fingerprint density at radius 3 is 2.71 bits per heavy atom. The smallest absolute Gasteiger partial charge is 0.222 e. The van der Waals surface area contributed by atoms with Crippen LogP contribution < -0.4 is 5.73 Å². The zero-order chi connectivity index (χ0) is 15.2. The number of carbonyl (C=O) groups is 1. The van der Waals surface area contributed by atoms with E-state index in [1.807, 2.05) is 36.2 Å². The van der Waals surface area contributed by atoms with E-state index >= 15 is 0 Å². The number of carbonyl (C=O) groups excluding carboxylic acids is 1. The highest BCUT2D eigenvalue weighted by molar-refractivity contribution is 5.76. The van der Waals surface area contributed by atoms with Gasteiger partial charge in [0.25, 0.3) is 0 Å². The molecule has 0 saturated carbocycles. The van der Waals surface area contributed by atoms with E-state index in [9.17, 15) is 4.79 Å². The zero-order valence-corrected chi connectivity index (χ0v) is 13.2. The lowest BCUT2D eigenvalue weighted by Crippen LogP contribution is -2.45. The largest absolute Gasteiger partial charge is 0.399 e. The number of nitrogen functional groups attached to an aromatic ring is 1. The lowest BCUT2D eigenvalue weighted by atomic mass is 10.0. The van der Waals surface area contributed by atoms with Gasteiger partial charge in [0.1, 0.15) is 0 Å². The molecular formula is C17H27N3O. The molecule has 1 aliphatic rings. The van der Waals surface area contributed by atoms with Crippen molar-refractivity contribution in [2.24, 2.45) is 0 Å². The number of hydrogen-bond acceptors (Lipinski definition) is 3. The van der Waals surface area contributed by atoms with Crippen LogP contribution >= 0.6 is 0 Å². The minimum Gasteiger partial charge on any atom is -0.399 e. The van der Waals surface area contributed by atoms with E-state index in [1.165, 1.54) is 0 Å². The van der Waals surface area contributed by atoms with Crippen LogP contribution in [0.1, 0.15) is 31.7 Å². The summed E-state index contributed by atoms with van der Waals surface area (Å²) in [5, 5.41) is 0. The summed E-state index contributed by atoms with van der Waals surface area (Å²) in [5.41, 5.74) is 7.67. The maximum Gasteiger partial charge on any atom is 0.222 e. The van der Waals surface area contributed by atoms with E-state index in [0.717, 1.165) is 50.1 Å². The van der Waals surface area contributed by atoms with Crippen LogP contribution in [0.3, 0.4) is 0 Å². The predicted molar refractivity (Wildman–Crippen MR) is 87.1 cm³/mol. The average Bonchev–Trinajstić information content (AvgIpc) is 2.52. The van der Waals surface area contributed by atoms with Crippen molar-refractivity contribution in [3.63, 3.8) is 0 Å². The molecule has 2 N–H and O–H groups in total. The number of anilines is 1. The summed E-state index contributed by atoms with van der Waals surface area (Å²) >= 11 is 0. The molecule has 4 heteroatoms. The van der Waals surface area contributed by atoms with Crippen LogP contribution in [-0.2, 0) is 11.2 Å². The Balaban J connectivity index is 1.80. The van der Waals surface area contributed by atoms with Gasteiger partial charge in [-0.15, -0.1) is 0 Å². The minimum atomic E-state index is 0.243. The topological polar surface area (TPSA) is 49.6 Å². The number of rotatable bonds is 5. The fraction of sp³-hybridized carbons (Fsp3) is 0.588. The Kier molecular flexibility index (Phi) is 5.62. The van der Waals surface area contributed by atoms with Crippen molar-refractivity contribution in [2.75, 3.05) is 32.4 Å². The molecule has 21 heavy (non-hydrogen) atoms. The van der Waals surface area contributed by atoms with Crippen molar-refractivity contribution in [1.29, 1.82) is 0 Å². The number of piperidine rings is 1. The number of nitrogens with zero attached hydrogens (tertiary/aromatic N) is 2. The van der Waals surface area contributed by atoms with Crippen LogP contribution in [0.15, 0.2) is 24.3 Å². The third-order valence-corrected chi connectivity index (χ3v) is 4.52. The molecule has 1 saturated heterocycles. The Morgan fingerprint density at radius 2 is 2.10 bits per heavy atom. The third kappa shape index (κ3) is 4.46. The molecule has 1 heterocycles. The Labute approximate surface area is 127 Å². The van der Waals surface area contributed by atoms with Gasteiger partial charge in [0, 0.05) is 38.3 Å². The van der Waals surface area contributed by atoms with E-state index in [2.05, 4.69) is 11.8 Å². The highest BCUT2D eigenvalue weighted by atomic mass is 16.2. The van der Waals surface area contributed by atoms with Gasteiger partial charge in [0.15, 0.2) is 0 Å². The monoisotopic (exact) mass is 289 g/mol. The fourth-order valence-corrected chi connectivity index (χ4v) is 3.00. The van der Waals surface area contributed by atoms with E-state index in [4.69, 9.17) is 5.73 Å². The summed E-state index contributed by atoms with van der Waals surface area (Å²) in [6.07, 6.45) is 3.51. The second kappa shape index (κ2) is 7.46. The summed E-state index contributed by atoms with van der Waals surface area (Å²) in [4.78, 5) is 16.7. The highest BCUT2D eigenvalue weighted by Crippen LogP contribution is 2.17. The molecule has 0 atom stereocenters. The molecule has 4 nitrogen and oxygen atoms in total. The van der Waals surface area contributed by atoms with Crippen LogP contribution in [0.25, 0.3) is 0 Å². The van der Waals surface area contributed by atoms with Crippen LogP contribution in [0.2, 0.25) is 0 Å². The van der Waals surface area contributed by atoms with Crippen molar-refractivity contribution >= 4 is 11.6 Å². The number of aryl methyl sites for hydroxylation is 1. The van der Waals surface area contributed by atoms with Crippen LogP contribution in [0.4, 0.5) is 5.69 Å². The summed E-state index contributed by atoms with van der Waals surface area (Å²) in [5.74, 6) is 0.243. The van der Waals surface area contributed by atoms with Gasteiger partial charge < -0.3 is 15.5 Å². The molecule has 0 spiro atoms. The normalized spacial score (nSPS) is 16.9. The molecule has 2 rings (SSSR count). The second-order valence-electron chi connectivity index (χ2n) is 5.92. The lowest BCUT2D eigenvalue weighted by molar-refractivity contribution is -0.132. The molecule has 1 aromatic rings. The predicted octanol–water partition coefficient (Wildman–Crippen LogP) is 2.14. The van der Waals surface area contributed by atoms with Gasteiger partial charge in [0.05, 0.1) is 0 Å². The van der Waals surface area contributed by atoms with Gasteiger partial charge in [-0.2, -0.15) is 0 Å². The van der Waals surface area contributed by atoms with E-state index in [0.29, 0.717) is 12.5 Å². The summed E-state index contributed by atoms with van der Waals surface area (Å²) in [7, 11) is 1.95. The maximum absolute atomic E-state index is 12.3. The zero-order valence-electron chi connectivity index (χ0n) is 13.2. The molecular weight excluding hydrogens is 262 g/mol. The fourth-order valence-electron chi connectivity index (χ4n) is 3.00. The number of amides is 1. The SMILES string of the molecule is CCN1CCC(N(C)C(=O)CCc2cccc(N)c2)CC1. The molecule has 116 valence electrons. The minimum absolute atomic E-state index is 0.243. The van der Waals surface area contributed by atoms with E-state index in [1.54, 1.807) is 0 Å². The lowest BCUT2D eigenvalue weighted by Gasteiger charge is -2.36. The summed E-state index contributed by atoms with van der Waals surface area (Å²) in [6.45, 7) is 5.52. The van der Waals surface area contributed by atoms with Crippen molar-refractivity contribution in [1.82, 2.24) is 9.80 Å². The quantitative estimate of drug-likeness (QED) is 0.845. The Morgan fingerprint density at radius 1 is 1.38 bits per heavy atom. The molecule has 0 bridgehead atoms. The first kappa shape index (κ1) is 15.8. The third-order valence-electron chi connectivity index (χ3n) is 4.52. The molecule has 0 aromatic heterocycles. The maximum atomic E-state index is 12.3. The molecule has 1 fully saturated rings. The van der Waals surface area contributed by atoms with Gasteiger partial charge in [-0.3, -0.25) is 4.79 Å². The molecule has 1 amide bonds. The first-order valence-electron chi connectivity index (χ1n) is 7.92. The van der Waals surface area contributed by atoms with E-state index in [-0.39, 0.29) is 5.91 Å². The van der Waals surface area contributed by atoms with Crippen molar-refractivity contribution in [2.45, 2.75) is 38.6 Å². The van der Waals surface area contributed by atoms with Crippen molar-refractivity contribution in [3.8, 4) is 0 Å². The highest BCUT2D eigenvalue weighted by Gasteiger charge is 2.24. The van der Waals surface area contributed by atoms with Crippen LogP contribution in [-0.4, -0.2) is 48.4 Å². The first-order valence-corrected chi connectivity index (χ1v) is 7.92. The van der Waals surface area contributed by atoms with Crippen LogP contribution in [0, 0.1) is 0 Å². The van der Waals surface area contributed by atoms with Crippen LogP contribution in [0.5, 0.6) is 0 Å². The van der Waals surface area contributed by atoms with Gasteiger partial charge >= 0.3 is 0 Å².